The quantitative estimate of drug-likeness (QED) is 0.893. The van der Waals surface area contributed by atoms with E-state index in [9.17, 15) is 0 Å². The fourth-order valence-electron chi connectivity index (χ4n) is 2.37. The lowest BCUT2D eigenvalue weighted by molar-refractivity contribution is -0.0551. The van der Waals surface area contributed by atoms with Crippen LogP contribution in [0.3, 0.4) is 0 Å². The summed E-state index contributed by atoms with van der Waals surface area (Å²) in [6, 6.07) is 6.39. The molecule has 2 N–H and O–H groups in total. The molecule has 0 spiro atoms. The second kappa shape index (κ2) is 4.56. The molecule has 0 saturated carbocycles. The van der Waals surface area contributed by atoms with E-state index in [0.29, 0.717) is 6.54 Å². The van der Waals surface area contributed by atoms with Crippen LogP contribution in [0.5, 0.6) is 5.75 Å². The Morgan fingerprint density at radius 1 is 1.33 bits per heavy atom. The minimum absolute atomic E-state index is 0.00622. The minimum Gasteiger partial charge on any atom is -0.496 e. The summed E-state index contributed by atoms with van der Waals surface area (Å²) in [6.07, 6.45) is 0. The predicted molar refractivity (Wildman–Crippen MR) is 73.2 cm³/mol. The highest BCUT2D eigenvalue weighted by molar-refractivity contribution is 5.44. The maximum absolute atomic E-state index is 5.92. The molecule has 0 unspecified atom stereocenters. The van der Waals surface area contributed by atoms with Gasteiger partial charge < -0.3 is 15.2 Å². The summed E-state index contributed by atoms with van der Waals surface area (Å²) in [5, 5.41) is 0. The molecule has 1 saturated heterocycles. The minimum atomic E-state index is 0.00622. The van der Waals surface area contributed by atoms with Crippen LogP contribution < -0.4 is 10.5 Å². The lowest BCUT2D eigenvalue weighted by Crippen LogP contribution is -2.52. The molecule has 100 valence electrons. The molecule has 1 aliphatic rings. The van der Waals surface area contributed by atoms with Crippen molar-refractivity contribution < 1.29 is 9.47 Å². The van der Waals surface area contributed by atoms with Crippen LogP contribution in [0, 0.1) is 0 Å². The van der Waals surface area contributed by atoms with Crippen LogP contribution >= 0.6 is 0 Å². The molecule has 0 aliphatic carbocycles. The van der Waals surface area contributed by atoms with E-state index in [1.54, 1.807) is 7.11 Å². The van der Waals surface area contributed by atoms with Crippen molar-refractivity contribution in [2.45, 2.75) is 31.6 Å². The third-order valence-corrected chi connectivity index (χ3v) is 3.77. The maximum atomic E-state index is 5.92. The Bertz CT molecular complexity index is 425. The Morgan fingerprint density at radius 3 is 2.39 bits per heavy atom. The van der Waals surface area contributed by atoms with E-state index in [4.69, 9.17) is 15.2 Å². The van der Waals surface area contributed by atoms with E-state index in [2.05, 4.69) is 32.9 Å². The zero-order valence-corrected chi connectivity index (χ0v) is 11.7. The first-order chi connectivity index (χ1) is 8.43. The number of ether oxygens (including phenoxy) is 2. The predicted octanol–water partition coefficient (Wildman–Crippen LogP) is 2.22. The van der Waals surface area contributed by atoms with Crippen molar-refractivity contribution in [3.63, 3.8) is 0 Å². The largest absolute Gasteiger partial charge is 0.496 e. The fraction of sp³-hybridized carbons (Fsp3) is 0.600. The molecule has 0 aromatic heterocycles. The van der Waals surface area contributed by atoms with Crippen molar-refractivity contribution in [3.8, 4) is 5.75 Å². The molecule has 0 atom stereocenters. The molecule has 0 amide bonds. The maximum Gasteiger partial charge on any atom is 0.122 e. The highest BCUT2D eigenvalue weighted by Crippen LogP contribution is 2.38. The summed E-state index contributed by atoms with van der Waals surface area (Å²) in [5.74, 6) is 0.943. The topological polar surface area (TPSA) is 44.5 Å². The Hall–Kier alpha value is -1.06. The van der Waals surface area contributed by atoms with Gasteiger partial charge in [-0.2, -0.15) is 0 Å². The van der Waals surface area contributed by atoms with Gasteiger partial charge in [0.1, 0.15) is 5.75 Å². The summed E-state index contributed by atoms with van der Waals surface area (Å²) in [6.45, 7) is 8.66. The summed E-state index contributed by atoms with van der Waals surface area (Å²) >= 11 is 0. The van der Waals surface area contributed by atoms with Gasteiger partial charge in [-0.25, -0.2) is 0 Å². The van der Waals surface area contributed by atoms with Gasteiger partial charge in [-0.3, -0.25) is 0 Å². The zero-order valence-electron chi connectivity index (χ0n) is 11.7. The second-order valence-electron chi connectivity index (χ2n) is 6.14. The number of hydrogen-bond donors (Lipinski definition) is 1. The number of benzene rings is 1. The van der Waals surface area contributed by atoms with Gasteiger partial charge >= 0.3 is 0 Å². The van der Waals surface area contributed by atoms with E-state index in [1.165, 1.54) is 11.1 Å². The first-order valence-corrected chi connectivity index (χ1v) is 6.40. The molecule has 1 aromatic rings. The molecule has 3 nitrogen and oxygen atoms in total. The Labute approximate surface area is 109 Å². The molecule has 2 rings (SSSR count). The number of nitrogens with two attached hydrogens (primary N) is 1. The molecular weight excluding hydrogens is 226 g/mol. The molecule has 1 fully saturated rings. The smallest absolute Gasteiger partial charge is 0.122 e. The Morgan fingerprint density at radius 2 is 2.00 bits per heavy atom. The fourth-order valence-corrected chi connectivity index (χ4v) is 2.37. The van der Waals surface area contributed by atoms with Crippen LogP contribution in [0.15, 0.2) is 18.2 Å². The van der Waals surface area contributed by atoms with Crippen LogP contribution in [0.1, 0.15) is 31.9 Å². The zero-order chi connectivity index (χ0) is 13.4. The van der Waals surface area contributed by atoms with Gasteiger partial charge in [0.15, 0.2) is 0 Å². The monoisotopic (exact) mass is 249 g/mol. The lowest BCUT2D eigenvalue weighted by Gasteiger charge is -2.41. The molecule has 1 aliphatic heterocycles. The average Bonchev–Trinajstić information content (AvgIpc) is 2.27. The van der Waals surface area contributed by atoms with E-state index in [-0.39, 0.29) is 10.8 Å². The third kappa shape index (κ3) is 2.13. The number of hydrogen-bond acceptors (Lipinski definition) is 3. The molecule has 18 heavy (non-hydrogen) atoms. The highest BCUT2D eigenvalue weighted by Gasteiger charge is 2.39. The first-order valence-electron chi connectivity index (χ1n) is 6.40. The van der Waals surface area contributed by atoms with Crippen LogP contribution in [-0.4, -0.2) is 26.9 Å². The van der Waals surface area contributed by atoms with E-state index in [1.807, 2.05) is 6.07 Å². The summed E-state index contributed by atoms with van der Waals surface area (Å²) in [4.78, 5) is 0. The van der Waals surface area contributed by atoms with Crippen molar-refractivity contribution >= 4 is 0 Å². The van der Waals surface area contributed by atoms with Crippen molar-refractivity contribution in [1.29, 1.82) is 0 Å². The van der Waals surface area contributed by atoms with Gasteiger partial charge in [-0.1, -0.05) is 32.9 Å². The van der Waals surface area contributed by atoms with Crippen LogP contribution in [0.4, 0.5) is 0 Å². The van der Waals surface area contributed by atoms with E-state index >= 15 is 0 Å². The average molecular weight is 249 g/mol. The second-order valence-corrected chi connectivity index (χ2v) is 6.14. The van der Waals surface area contributed by atoms with Gasteiger partial charge in [0.2, 0.25) is 0 Å². The Balaban J connectivity index is 2.46. The SMILES string of the molecule is COc1ccc(C2(CN)COC2)cc1C(C)(C)C. The van der Waals surface area contributed by atoms with Crippen molar-refractivity contribution in [3.05, 3.63) is 29.3 Å². The van der Waals surface area contributed by atoms with E-state index in [0.717, 1.165) is 19.0 Å². The lowest BCUT2D eigenvalue weighted by atomic mass is 9.75. The Kier molecular flexibility index (Phi) is 3.39. The summed E-state index contributed by atoms with van der Waals surface area (Å²) < 4.78 is 10.8. The molecule has 0 bridgehead atoms. The number of rotatable bonds is 3. The van der Waals surface area contributed by atoms with Crippen LogP contribution in [-0.2, 0) is 15.6 Å². The van der Waals surface area contributed by atoms with Gasteiger partial charge in [-0.15, -0.1) is 0 Å². The standard InChI is InChI=1S/C15H23NO2/c1-14(2,3)12-7-11(5-6-13(12)17-4)15(8-16)9-18-10-15/h5-7H,8-10,16H2,1-4H3. The van der Waals surface area contributed by atoms with Crippen LogP contribution in [0.25, 0.3) is 0 Å². The summed E-state index contributed by atoms with van der Waals surface area (Å²) in [5.41, 5.74) is 8.47. The highest BCUT2D eigenvalue weighted by atomic mass is 16.5. The normalized spacial score (nSPS) is 18.3. The molecule has 1 aromatic carbocycles. The van der Waals surface area contributed by atoms with Crippen molar-refractivity contribution in [2.24, 2.45) is 5.73 Å². The molecule has 0 radical (unpaired) electrons. The van der Waals surface area contributed by atoms with E-state index < -0.39 is 0 Å². The van der Waals surface area contributed by atoms with Crippen molar-refractivity contribution in [2.75, 3.05) is 26.9 Å². The van der Waals surface area contributed by atoms with Gasteiger partial charge in [-0.05, 0) is 22.6 Å². The third-order valence-electron chi connectivity index (χ3n) is 3.77. The summed E-state index contributed by atoms with van der Waals surface area (Å²) in [7, 11) is 1.72. The van der Waals surface area contributed by atoms with Crippen molar-refractivity contribution in [1.82, 2.24) is 0 Å². The first kappa shape index (κ1) is 13.4. The van der Waals surface area contributed by atoms with Gasteiger partial charge in [0.05, 0.1) is 25.7 Å². The van der Waals surface area contributed by atoms with Crippen LogP contribution in [0.2, 0.25) is 0 Å². The number of methoxy groups -OCH3 is 1. The van der Waals surface area contributed by atoms with Gasteiger partial charge in [0.25, 0.3) is 0 Å². The van der Waals surface area contributed by atoms with Gasteiger partial charge in [0, 0.05) is 6.54 Å². The molecule has 3 heteroatoms. The molecule has 1 heterocycles. The molecular formula is C15H23NO2.